The molecule has 2 N–H and O–H groups in total. The van der Waals surface area contributed by atoms with Crippen LogP contribution in [0.1, 0.15) is 42.3 Å². The first-order valence-corrected chi connectivity index (χ1v) is 11.1. The molecule has 0 aliphatic rings. The third-order valence-electron chi connectivity index (χ3n) is 4.07. The molecule has 1 aromatic heterocycles. The molecule has 0 atom stereocenters. The number of nitrogens with zero attached hydrogens (tertiary/aromatic N) is 1. The zero-order chi connectivity index (χ0) is 24.3. The molecule has 1 amide bonds. The van der Waals surface area contributed by atoms with Crippen molar-refractivity contribution in [2.45, 2.75) is 32.5 Å². The number of hydrogen-bond donors (Lipinski definition) is 2. The van der Waals surface area contributed by atoms with E-state index < -0.39 is 45.1 Å². The highest BCUT2D eigenvalue weighted by Gasteiger charge is 2.33. The molecule has 0 saturated carbocycles. The molecule has 0 aliphatic heterocycles. The minimum Gasteiger partial charge on any atom is -0.348 e. The molecule has 174 valence electrons. The van der Waals surface area contributed by atoms with Gasteiger partial charge < -0.3 is 5.32 Å². The van der Waals surface area contributed by atoms with E-state index in [1.54, 1.807) is 18.6 Å². The molecule has 2 rings (SSSR count). The minimum absolute atomic E-state index is 0.0277. The van der Waals surface area contributed by atoms with Crippen molar-refractivity contribution in [1.82, 2.24) is 10.3 Å². The summed E-state index contributed by atoms with van der Waals surface area (Å²) in [6, 6.07) is 3.72. The fourth-order valence-corrected chi connectivity index (χ4v) is 3.24. The highest BCUT2D eigenvalue weighted by atomic mass is 32.2. The summed E-state index contributed by atoms with van der Waals surface area (Å²) in [5.41, 5.74) is -1.38. The van der Waals surface area contributed by atoms with Crippen LogP contribution in [-0.2, 0) is 27.5 Å². The van der Waals surface area contributed by atoms with E-state index in [9.17, 15) is 35.2 Å². The van der Waals surface area contributed by atoms with Gasteiger partial charge >= 0.3 is 6.18 Å². The number of anilines is 1. The molecule has 0 radical (unpaired) electrons. The van der Waals surface area contributed by atoms with Gasteiger partial charge in [0, 0.05) is 12.6 Å². The molecular formula is C20H20F5N3O3S. The normalized spacial score (nSPS) is 12.4. The van der Waals surface area contributed by atoms with Crippen LogP contribution in [-0.4, -0.2) is 25.6 Å². The molecule has 32 heavy (non-hydrogen) atoms. The van der Waals surface area contributed by atoms with Gasteiger partial charge in [0.15, 0.2) is 11.6 Å². The van der Waals surface area contributed by atoms with Crippen LogP contribution in [0.5, 0.6) is 0 Å². The second kappa shape index (κ2) is 9.63. The van der Waals surface area contributed by atoms with E-state index in [4.69, 9.17) is 0 Å². The van der Waals surface area contributed by atoms with Crippen molar-refractivity contribution >= 4 is 27.7 Å². The van der Waals surface area contributed by atoms with Crippen molar-refractivity contribution in [1.29, 1.82) is 0 Å². The van der Waals surface area contributed by atoms with E-state index in [1.165, 1.54) is 12.1 Å². The van der Waals surface area contributed by atoms with Crippen molar-refractivity contribution in [3.05, 3.63) is 64.5 Å². The summed E-state index contributed by atoms with van der Waals surface area (Å²) in [4.78, 5) is 15.7. The highest BCUT2D eigenvalue weighted by Crippen LogP contribution is 2.30. The number of pyridine rings is 1. The number of sulfonamides is 1. The van der Waals surface area contributed by atoms with Gasteiger partial charge in [-0.15, -0.1) is 0 Å². The Morgan fingerprint density at radius 2 is 1.75 bits per heavy atom. The largest absolute Gasteiger partial charge is 0.433 e. The standard InChI is InChI=1S/C20H20F5N3O3S/c1-11(2)18-13(4-6-16(27-18)20(23,24)25)5-7-17(29)26-10-12-8-14(21)19(15(22)9-12)28-32(3,30)31/h4-9,11,28H,10H2,1-3H3,(H,26,29)/b7-5-. The van der Waals surface area contributed by atoms with Gasteiger partial charge in [0.25, 0.3) is 0 Å². The van der Waals surface area contributed by atoms with Crippen molar-refractivity contribution in [3.8, 4) is 0 Å². The van der Waals surface area contributed by atoms with E-state index in [-0.39, 0.29) is 23.7 Å². The number of aromatic nitrogens is 1. The molecule has 1 aromatic carbocycles. The summed E-state index contributed by atoms with van der Waals surface area (Å²) in [5.74, 6) is -3.33. The van der Waals surface area contributed by atoms with Gasteiger partial charge in [-0.1, -0.05) is 19.9 Å². The van der Waals surface area contributed by atoms with Crippen LogP contribution in [0.4, 0.5) is 27.6 Å². The molecule has 0 saturated heterocycles. The van der Waals surface area contributed by atoms with Crippen LogP contribution in [0.25, 0.3) is 6.08 Å². The van der Waals surface area contributed by atoms with Crippen LogP contribution in [0, 0.1) is 11.6 Å². The van der Waals surface area contributed by atoms with E-state index in [2.05, 4.69) is 10.3 Å². The van der Waals surface area contributed by atoms with E-state index in [0.29, 0.717) is 5.56 Å². The van der Waals surface area contributed by atoms with Crippen molar-refractivity contribution in [3.63, 3.8) is 0 Å². The third kappa shape index (κ3) is 7.01. The SMILES string of the molecule is CC(C)c1nc(C(F)(F)F)ccc1/C=C\C(=O)NCc1cc(F)c(NS(C)(=O)=O)c(F)c1. The Bertz CT molecular complexity index is 1120. The monoisotopic (exact) mass is 477 g/mol. The fourth-order valence-electron chi connectivity index (χ4n) is 2.67. The number of benzene rings is 1. The molecule has 0 unspecified atom stereocenters. The summed E-state index contributed by atoms with van der Waals surface area (Å²) < 4.78 is 90.6. The number of hydrogen-bond acceptors (Lipinski definition) is 4. The van der Waals surface area contributed by atoms with Crippen LogP contribution in [0.2, 0.25) is 0 Å². The summed E-state index contributed by atoms with van der Waals surface area (Å²) in [7, 11) is -3.89. The van der Waals surface area contributed by atoms with E-state index in [0.717, 1.165) is 30.5 Å². The Balaban J connectivity index is 2.12. The minimum atomic E-state index is -4.60. The Morgan fingerprint density at radius 3 is 2.25 bits per heavy atom. The zero-order valence-electron chi connectivity index (χ0n) is 17.2. The predicted octanol–water partition coefficient (Wildman–Crippen LogP) is 4.20. The summed E-state index contributed by atoms with van der Waals surface area (Å²) in [6.07, 6.45) is -1.51. The number of halogens is 5. The van der Waals surface area contributed by atoms with Crippen molar-refractivity contribution < 1.29 is 35.2 Å². The van der Waals surface area contributed by atoms with Crippen LogP contribution in [0.3, 0.4) is 0 Å². The maximum Gasteiger partial charge on any atom is 0.433 e. The lowest BCUT2D eigenvalue weighted by molar-refractivity contribution is -0.141. The average Bonchev–Trinajstić information content (AvgIpc) is 2.65. The molecule has 2 aromatic rings. The van der Waals surface area contributed by atoms with Crippen LogP contribution < -0.4 is 10.0 Å². The number of alkyl halides is 3. The van der Waals surface area contributed by atoms with Crippen LogP contribution >= 0.6 is 0 Å². The number of carbonyl (C=O) groups is 1. The molecule has 0 fully saturated rings. The number of rotatable bonds is 7. The molecule has 6 nitrogen and oxygen atoms in total. The number of nitrogens with one attached hydrogen (secondary N) is 2. The summed E-state index contributed by atoms with van der Waals surface area (Å²) in [5, 5.41) is 2.38. The van der Waals surface area contributed by atoms with Gasteiger partial charge in [0.05, 0.1) is 11.9 Å². The molecule has 12 heteroatoms. The topological polar surface area (TPSA) is 88.2 Å². The summed E-state index contributed by atoms with van der Waals surface area (Å²) in [6.45, 7) is 3.04. The first-order valence-electron chi connectivity index (χ1n) is 9.17. The fraction of sp³-hybridized carbons (Fsp3) is 0.300. The van der Waals surface area contributed by atoms with Gasteiger partial charge in [0.2, 0.25) is 15.9 Å². The first kappa shape index (κ1) is 25.2. The van der Waals surface area contributed by atoms with Gasteiger partial charge in [-0.3, -0.25) is 9.52 Å². The predicted molar refractivity (Wildman–Crippen MR) is 109 cm³/mol. The van der Waals surface area contributed by atoms with Gasteiger partial charge in [-0.05, 0) is 41.3 Å². The Morgan fingerprint density at radius 1 is 1.16 bits per heavy atom. The quantitative estimate of drug-likeness (QED) is 0.462. The number of amides is 1. The molecule has 0 bridgehead atoms. The Labute approximate surface area is 181 Å². The van der Waals surface area contributed by atoms with Crippen LogP contribution in [0.15, 0.2) is 30.3 Å². The second-order valence-electron chi connectivity index (χ2n) is 7.18. The lowest BCUT2D eigenvalue weighted by atomic mass is 10.0. The molecule has 0 aliphatic carbocycles. The molecular weight excluding hydrogens is 457 g/mol. The Kier molecular flexibility index (Phi) is 7.60. The van der Waals surface area contributed by atoms with Crippen molar-refractivity contribution in [2.24, 2.45) is 0 Å². The summed E-state index contributed by atoms with van der Waals surface area (Å²) >= 11 is 0. The highest BCUT2D eigenvalue weighted by molar-refractivity contribution is 7.92. The van der Waals surface area contributed by atoms with E-state index in [1.807, 2.05) is 0 Å². The van der Waals surface area contributed by atoms with Gasteiger partial charge in [0.1, 0.15) is 11.4 Å². The third-order valence-corrected chi connectivity index (χ3v) is 4.64. The first-order chi connectivity index (χ1) is 14.7. The number of carbonyl (C=O) groups excluding carboxylic acids is 1. The van der Waals surface area contributed by atoms with Gasteiger partial charge in [-0.2, -0.15) is 13.2 Å². The maximum absolute atomic E-state index is 14.0. The molecule has 0 spiro atoms. The van der Waals surface area contributed by atoms with E-state index >= 15 is 0 Å². The lowest BCUT2D eigenvalue weighted by Gasteiger charge is -2.13. The molecule has 1 heterocycles. The Hall–Kier alpha value is -3.02. The maximum atomic E-state index is 14.0. The zero-order valence-corrected chi connectivity index (χ0v) is 18.0. The average molecular weight is 477 g/mol. The van der Waals surface area contributed by atoms with Gasteiger partial charge in [-0.25, -0.2) is 22.2 Å². The smallest absolute Gasteiger partial charge is 0.348 e. The van der Waals surface area contributed by atoms with Crippen molar-refractivity contribution in [2.75, 3.05) is 11.0 Å². The lowest BCUT2D eigenvalue weighted by Crippen LogP contribution is -2.21. The second-order valence-corrected chi connectivity index (χ2v) is 8.93.